The summed E-state index contributed by atoms with van der Waals surface area (Å²) >= 11 is 0. The van der Waals surface area contributed by atoms with E-state index < -0.39 is 35.6 Å². The van der Waals surface area contributed by atoms with Crippen molar-refractivity contribution >= 4 is 29.4 Å². The minimum absolute atomic E-state index is 0.141. The van der Waals surface area contributed by atoms with Crippen LogP contribution in [0.3, 0.4) is 0 Å². The number of carbonyl (C=O) groups is 4. The molecule has 0 unspecified atom stereocenters. The molecule has 1 atom stereocenters. The highest BCUT2D eigenvalue weighted by atomic mass is 19.1. The fourth-order valence-electron chi connectivity index (χ4n) is 2.73. The Hall–Kier alpha value is -3.55. The van der Waals surface area contributed by atoms with Crippen molar-refractivity contribution in [3.63, 3.8) is 0 Å². The van der Waals surface area contributed by atoms with Crippen LogP contribution in [0.2, 0.25) is 0 Å². The molecule has 1 aliphatic heterocycles. The molecule has 0 spiro atoms. The first-order valence-corrected chi connectivity index (χ1v) is 8.58. The smallest absolute Gasteiger partial charge is 0.308 e. The predicted octanol–water partition coefficient (Wildman–Crippen LogP) is 2.38. The number of fused-ring (bicyclic) bond motifs is 1. The van der Waals surface area contributed by atoms with Gasteiger partial charge in [-0.15, -0.1) is 0 Å². The van der Waals surface area contributed by atoms with Crippen LogP contribution in [0.15, 0.2) is 48.5 Å². The van der Waals surface area contributed by atoms with Crippen LogP contribution >= 0.6 is 0 Å². The molecule has 0 bridgehead atoms. The first-order valence-electron chi connectivity index (χ1n) is 8.58. The van der Waals surface area contributed by atoms with Crippen LogP contribution in [0.1, 0.15) is 34.1 Å². The third-order valence-electron chi connectivity index (χ3n) is 4.21. The Balaban J connectivity index is 1.50. The highest BCUT2D eigenvalue weighted by Crippen LogP contribution is 2.22. The van der Waals surface area contributed by atoms with Crippen LogP contribution in [-0.4, -0.2) is 41.2 Å². The van der Waals surface area contributed by atoms with Gasteiger partial charge in [0.15, 0.2) is 6.10 Å². The van der Waals surface area contributed by atoms with Crippen molar-refractivity contribution in [2.75, 3.05) is 11.9 Å². The molecular formula is C20H17FN2O5. The van der Waals surface area contributed by atoms with E-state index >= 15 is 0 Å². The molecule has 2 aromatic carbocycles. The van der Waals surface area contributed by atoms with Gasteiger partial charge in [-0.3, -0.25) is 24.1 Å². The van der Waals surface area contributed by atoms with E-state index in [4.69, 9.17) is 4.74 Å². The van der Waals surface area contributed by atoms with Gasteiger partial charge in [0.25, 0.3) is 17.7 Å². The number of amides is 3. The molecule has 2 aromatic rings. The SMILES string of the molecule is C[C@@H](OC(=O)CCN1C(=O)c2ccccc2C1=O)C(=O)Nc1ccc(F)cc1. The molecular weight excluding hydrogens is 367 g/mol. The summed E-state index contributed by atoms with van der Waals surface area (Å²) in [5.41, 5.74) is 0.959. The fourth-order valence-corrected chi connectivity index (χ4v) is 2.73. The summed E-state index contributed by atoms with van der Waals surface area (Å²) in [7, 11) is 0. The zero-order chi connectivity index (χ0) is 20.3. The number of nitrogens with zero attached hydrogens (tertiary/aromatic N) is 1. The van der Waals surface area contributed by atoms with E-state index in [1.54, 1.807) is 24.3 Å². The molecule has 8 heteroatoms. The molecule has 144 valence electrons. The summed E-state index contributed by atoms with van der Waals surface area (Å²) in [5, 5.41) is 2.50. The van der Waals surface area contributed by atoms with Crippen LogP contribution in [-0.2, 0) is 14.3 Å². The molecule has 1 heterocycles. The van der Waals surface area contributed by atoms with Gasteiger partial charge in [-0.1, -0.05) is 12.1 Å². The summed E-state index contributed by atoms with van der Waals surface area (Å²) in [6, 6.07) is 11.6. The Kier molecular flexibility index (Phi) is 5.49. The highest BCUT2D eigenvalue weighted by Gasteiger charge is 2.35. The fraction of sp³-hybridized carbons (Fsp3) is 0.200. The third-order valence-corrected chi connectivity index (χ3v) is 4.21. The van der Waals surface area contributed by atoms with E-state index in [1.807, 2.05) is 0 Å². The number of hydrogen-bond donors (Lipinski definition) is 1. The summed E-state index contributed by atoms with van der Waals surface area (Å²) in [5.74, 6) is -2.67. The average molecular weight is 384 g/mol. The number of hydrogen-bond acceptors (Lipinski definition) is 5. The number of imide groups is 1. The minimum atomic E-state index is -1.10. The first-order chi connectivity index (χ1) is 13.4. The Morgan fingerprint density at radius 3 is 2.18 bits per heavy atom. The molecule has 7 nitrogen and oxygen atoms in total. The van der Waals surface area contributed by atoms with Gasteiger partial charge in [0.1, 0.15) is 5.82 Å². The van der Waals surface area contributed by atoms with E-state index in [9.17, 15) is 23.6 Å². The zero-order valence-corrected chi connectivity index (χ0v) is 15.0. The summed E-state index contributed by atoms with van der Waals surface area (Å²) in [4.78, 5) is 49.5. The predicted molar refractivity (Wildman–Crippen MR) is 97.0 cm³/mol. The summed E-state index contributed by atoms with van der Waals surface area (Å²) < 4.78 is 17.9. The summed E-state index contributed by atoms with van der Waals surface area (Å²) in [6.07, 6.45) is -1.33. The van der Waals surface area contributed by atoms with E-state index in [1.165, 1.54) is 31.2 Å². The van der Waals surface area contributed by atoms with Crippen molar-refractivity contribution in [3.8, 4) is 0 Å². The van der Waals surface area contributed by atoms with Crippen LogP contribution < -0.4 is 5.32 Å². The number of rotatable bonds is 6. The molecule has 0 aromatic heterocycles. The molecule has 3 amide bonds. The van der Waals surface area contributed by atoms with Crippen LogP contribution in [0.5, 0.6) is 0 Å². The number of carbonyl (C=O) groups excluding carboxylic acids is 4. The molecule has 3 rings (SSSR count). The number of esters is 1. The maximum absolute atomic E-state index is 12.9. The molecule has 0 radical (unpaired) electrons. The Bertz CT molecular complexity index is 907. The summed E-state index contributed by atoms with van der Waals surface area (Å²) in [6.45, 7) is 1.25. The molecule has 0 saturated heterocycles. The lowest BCUT2D eigenvalue weighted by molar-refractivity contribution is -0.153. The van der Waals surface area contributed by atoms with Gasteiger partial charge in [-0.2, -0.15) is 0 Å². The van der Waals surface area contributed by atoms with E-state index in [0.29, 0.717) is 16.8 Å². The number of anilines is 1. The molecule has 0 fully saturated rings. The van der Waals surface area contributed by atoms with Gasteiger partial charge in [0, 0.05) is 12.2 Å². The Morgan fingerprint density at radius 2 is 1.61 bits per heavy atom. The lowest BCUT2D eigenvalue weighted by Crippen LogP contribution is -2.34. The van der Waals surface area contributed by atoms with Gasteiger partial charge in [0.05, 0.1) is 17.5 Å². The van der Waals surface area contributed by atoms with Gasteiger partial charge in [-0.25, -0.2) is 4.39 Å². The topological polar surface area (TPSA) is 92.8 Å². The van der Waals surface area contributed by atoms with Crippen molar-refractivity contribution < 1.29 is 28.3 Å². The zero-order valence-electron chi connectivity index (χ0n) is 15.0. The molecule has 1 aliphatic rings. The van der Waals surface area contributed by atoms with E-state index in [2.05, 4.69) is 5.32 Å². The van der Waals surface area contributed by atoms with Crippen LogP contribution in [0, 0.1) is 5.82 Å². The van der Waals surface area contributed by atoms with Gasteiger partial charge in [-0.05, 0) is 43.3 Å². The second-order valence-corrected chi connectivity index (χ2v) is 6.19. The lowest BCUT2D eigenvalue weighted by Gasteiger charge is -2.16. The van der Waals surface area contributed by atoms with Crippen LogP contribution in [0.25, 0.3) is 0 Å². The standard InChI is InChI=1S/C20H17FN2O5/c1-12(18(25)22-14-8-6-13(21)7-9-14)28-17(24)10-11-23-19(26)15-4-2-3-5-16(15)20(23)27/h2-9,12H,10-11H2,1H3,(H,22,25)/t12-/m1/s1. The largest absolute Gasteiger partial charge is 0.452 e. The lowest BCUT2D eigenvalue weighted by atomic mass is 10.1. The second-order valence-electron chi connectivity index (χ2n) is 6.19. The first kappa shape index (κ1) is 19.2. The number of ether oxygens (including phenoxy) is 1. The monoisotopic (exact) mass is 384 g/mol. The quantitative estimate of drug-likeness (QED) is 0.610. The van der Waals surface area contributed by atoms with Crippen molar-refractivity contribution in [1.29, 1.82) is 0 Å². The minimum Gasteiger partial charge on any atom is -0.452 e. The molecule has 1 N–H and O–H groups in total. The molecule has 0 saturated carbocycles. The molecule has 0 aliphatic carbocycles. The number of benzene rings is 2. The second kappa shape index (κ2) is 7.99. The maximum atomic E-state index is 12.9. The van der Waals surface area contributed by atoms with Crippen molar-refractivity contribution in [3.05, 3.63) is 65.5 Å². The van der Waals surface area contributed by atoms with Crippen molar-refractivity contribution in [2.45, 2.75) is 19.4 Å². The van der Waals surface area contributed by atoms with Gasteiger partial charge < -0.3 is 10.1 Å². The normalized spacial score (nSPS) is 13.9. The third kappa shape index (κ3) is 4.06. The number of halogens is 1. The number of nitrogens with one attached hydrogen (secondary N) is 1. The van der Waals surface area contributed by atoms with E-state index in [-0.39, 0.29) is 13.0 Å². The maximum Gasteiger partial charge on any atom is 0.308 e. The van der Waals surface area contributed by atoms with Crippen LogP contribution in [0.4, 0.5) is 10.1 Å². The average Bonchev–Trinajstić information content (AvgIpc) is 2.92. The van der Waals surface area contributed by atoms with E-state index in [0.717, 1.165) is 4.90 Å². The highest BCUT2D eigenvalue weighted by molar-refractivity contribution is 6.21. The van der Waals surface area contributed by atoms with Crippen molar-refractivity contribution in [2.24, 2.45) is 0 Å². The molecule has 28 heavy (non-hydrogen) atoms. The Morgan fingerprint density at radius 1 is 1.04 bits per heavy atom. The Labute approximate surface area is 160 Å². The van der Waals surface area contributed by atoms with Crippen molar-refractivity contribution in [1.82, 2.24) is 4.90 Å². The van der Waals surface area contributed by atoms with Gasteiger partial charge in [0.2, 0.25) is 0 Å². The van der Waals surface area contributed by atoms with Gasteiger partial charge >= 0.3 is 5.97 Å².